The van der Waals surface area contributed by atoms with E-state index in [1.165, 1.54) is 18.9 Å². The lowest BCUT2D eigenvalue weighted by atomic mass is 9.91. The van der Waals surface area contributed by atoms with Crippen LogP contribution in [0.3, 0.4) is 0 Å². The van der Waals surface area contributed by atoms with E-state index >= 15 is 0 Å². The summed E-state index contributed by atoms with van der Waals surface area (Å²) in [6.45, 7) is 7.13. The Morgan fingerprint density at radius 3 is 2.58 bits per heavy atom. The molecule has 2 rings (SSSR count). The van der Waals surface area contributed by atoms with Crippen molar-refractivity contribution < 1.29 is 24.2 Å². The maximum atomic E-state index is 12.3. The second kappa shape index (κ2) is 3.96. The Bertz CT molecular complexity index is 476. The van der Waals surface area contributed by atoms with Crippen LogP contribution in [0.2, 0.25) is 0 Å². The molecule has 0 bridgehead atoms. The van der Waals surface area contributed by atoms with E-state index in [0.717, 1.165) is 0 Å². The van der Waals surface area contributed by atoms with Crippen LogP contribution in [-0.4, -0.2) is 47.4 Å². The predicted molar refractivity (Wildman–Crippen MR) is 66.1 cm³/mol. The Morgan fingerprint density at radius 1 is 1.53 bits per heavy atom. The molecule has 0 spiro atoms. The van der Waals surface area contributed by atoms with Gasteiger partial charge in [-0.15, -0.1) is 0 Å². The van der Waals surface area contributed by atoms with Crippen molar-refractivity contribution in [2.75, 3.05) is 13.7 Å². The van der Waals surface area contributed by atoms with Gasteiger partial charge in [0.15, 0.2) is 0 Å². The van der Waals surface area contributed by atoms with E-state index in [4.69, 9.17) is 9.47 Å². The van der Waals surface area contributed by atoms with E-state index in [2.05, 4.69) is 0 Å². The van der Waals surface area contributed by atoms with E-state index in [9.17, 15) is 14.7 Å². The lowest BCUT2D eigenvalue weighted by Gasteiger charge is -2.36. The number of nitrogens with zero attached hydrogens (tertiary/aromatic N) is 1. The van der Waals surface area contributed by atoms with Gasteiger partial charge in [-0.2, -0.15) is 0 Å². The lowest BCUT2D eigenvalue weighted by molar-refractivity contribution is -0.158. The molecule has 19 heavy (non-hydrogen) atoms. The molecule has 0 aromatic carbocycles. The fourth-order valence-corrected chi connectivity index (χ4v) is 2.66. The van der Waals surface area contributed by atoms with Crippen LogP contribution in [0.25, 0.3) is 0 Å². The summed E-state index contributed by atoms with van der Waals surface area (Å²) in [4.78, 5) is 25.7. The fraction of sp³-hybridized carbons (Fsp3) is 0.692. The number of hydrogen-bond acceptors (Lipinski definition) is 5. The molecule has 2 atom stereocenters. The van der Waals surface area contributed by atoms with Crippen molar-refractivity contribution in [2.45, 2.75) is 39.5 Å². The average Bonchev–Trinajstić information content (AvgIpc) is 2.82. The monoisotopic (exact) mass is 269 g/mol. The zero-order valence-electron chi connectivity index (χ0n) is 11.8. The highest BCUT2D eigenvalue weighted by atomic mass is 16.6. The number of esters is 1. The molecular weight excluding hydrogens is 250 g/mol. The second-order valence-corrected chi connectivity index (χ2v) is 6.03. The van der Waals surface area contributed by atoms with Crippen molar-refractivity contribution in [3.05, 3.63) is 11.3 Å². The van der Waals surface area contributed by atoms with Crippen LogP contribution in [-0.2, 0) is 19.1 Å². The summed E-state index contributed by atoms with van der Waals surface area (Å²) >= 11 is 0. The van der Waals surface area contributed by atoms with Crippen LogP contribution in [0.5, 0.6) is 0 Å². The Hall–Kier alpha value is -1.56. The molecule has 0 aromatic rings. The van der Waals surface area contributed by atoms with E-state index < -0.39 is 17.7 Å². The summed E-state index contributed by atoms with van der Waals surface area (Å²) < 4.78 is 10.4. The average molecular weight is 269 g/mol. The minimum atomic E-state index is -1.52. The van der Waals surface area contributed by atoms with Gasteiger partial charge in [-0.1, -0.05) is 20.8 Å². The largest absolute Gasteiger partial charge is 0.509 e. The second-order valence-electron chi connectivity index (χ2n) is 6.03. The van der Waals surface area contributed by atoms with Crippen LogP contribution in [0, 0.1) is 5.41 Å². The number of carbonyl (C=O) groups is 2. The Kier molecular flexibility index (Phi) is 2.89. The van der Waals surface area contributed by atoms with Crippen molar-refractivity contribution in [3.8, 4) is 0 Å². The van der Waals surface area contributed by atoms with E-state index in [1.54, 1.807) is 0 Å². The number of methoxy groups -OCH3 is 1. The number of rotatable bonds is 1. The molecule has 0 aliphatic carbocycles. The molecule has 2 aliphatic rings. The van der Waals surface area contributed by atoms with Crippen molar-refractivity contribution >= 4 is 11.9 Å². The van der Waals surface area contributed by atoms with Gasteiger partial charge in [-0.25, -0.2) is 4.79 Å². The third-order valence-corrected chi connectivity index (χ3v) is 3.65. The van der Waals surface area contributed by atoms with Crippen LogP contribution in [0.15, 0.2) is 11.3 Å². The van der Waals surface area contributed by atoms with Gasteiger partial charge in [0.1, 0.15) is 12.0 Å². The van der Waals surface area contributed by atoms with Gasteiger partial charge in [-0.3, -0.25) is 9.69 Å². The summed E-state index contributed by atoms with van der Waals surface area (Å²) in [5, 5.41) is 10.2. The number of aliphatic hydroxyl groups is 1. The molecule has 1 N–H and O–H groups in total. The molecule has 6 heteroatoms. The quantitative estimate of drug-likeness (QED) is 0.718. The van der Waals surface area contributed by atoms with Crippen LogP contribution in [0.4, 0.5) is 0 Å². The van der Waals surface area contributed by atoms with E-state index in [0.29, 0.717) is 0 Å². The summed E-state index contributed by atoms with van der Waals surface area (Å²) in [6.07, 6.45) is -0.585. The van der Waals surface area contributed by atoms with Crippen LogP contribution >= 0.6 is 0 Å². The minimum Gasteiger partial charge on any atom is -0.509 e. The molecule has 106 valence electrons. The molecule has 0 saturated carbocycles. The Morgan fingerprint density at radius 2 is 2.11 bits per heavy atom. The number of hydrogen-bond donors (Lipinski definition) is 1. The molecule has 0 radical (unpaired) electrons. The summed E-state index contributed by atoms with van der Waals surface area (Å²) in [5.41, 5.74) is -1.73. The zero-order chi connectivity index (χ0) is 14.6. The van der Waals surface area contributed by atoms with Gasteiger partial charge in [0, 0.05) is 5.41 Å². The number of carbonyl (C=O) groups excluding carboxylic acids is 2. The number of fused-ring (bicyclic) bond motifs is 1. The molecule has 2 heterocycles. The first-order chi connectivity index (χ1) is 8.67. The van der Waals surface area contributed by atoms with Gasteiger partial charge < -0.3 is 14.6 Å². The van der Waals surface area contributed by atoms with Crippen molar-refractivity contribution in [3.63, 3.8) is 0 Å². The lowest BCUT2D eigenvalue weighted by Crippen LogP contribution is -2.56. The van der Waals surface area contributed by atoms with E-state index in [-0.39, 0.29) is 29.3 Å². The fourth-order valence-electron chi connectivity index (χ4n) is 2.66. The molecule has 0 aromatic heterocycles. The predicted octanol–water partition coefficient (Wildman–Crippen LogP) is 0.975. The molecule has 1 amide bonds. The van der Waals surface area contributed by atoms with Crippen molar-refractivity contribution in [2.24, 2.45) is 5.41 Å². The normalized spacial score (nSPS) is 30.9. The third-order valence-electron chi connectivity index (χ3n) is 3.65. The Labute approximate surface area is 112 Å². The molecule has 1 fully saturated rings. The van der Waals surface area contributed by atoms with Crippen molar-refractivity contribution in [1.82, 2.24) is 4.90 Å². The van der Waals surface area contributed by atoms with Crippen molar-refractivity contribution in [1.29, 1.82) is 0 Å². The highest BCUT2D eigenvalue weighted by Gasteiger charge is 2.65. The number of amides is 1. The Balaban J connectivity index is 2.56. The molecule has 6 nitrogen and oxygen atoms in total. The molecular formula is C13H19NO5. The maximum absolute atomic E-state index is 12.3. The third kappa shape index (κ3) is 1.59. The van der Waals surface area contributed by atoms with Gasteiger partial charge in [0.25, 0.3) is 5.91 Å². The number of aliphatic hydroxyl groups excluding tert-OH is 1. The van der Waals surface area contributed by atoms with Crippen LogP contribution in [0.1, 0.15) is 27.7 Å². The first kappa shape index (κ1) is 13.9. The topological polar surface area (TPSA) is 76.1 Å². The van der Waals surface area contributed by atoms with Gasteiger partial charge in [0.05, 0.1) is 19.3 Å². The molecule has 0 unspecified atom stereocenters. The summed E-state index contributed by atoms with van der Waals surface area (Å²) in [7, 11) is 1.23. The SMILES string of the molecule is COC(=O)[C@]12CO[C@H](C(C)(C)C)N1C(=O)C(C)=C2O. The van der Waals surface area contributed by atoms with E-state index in [1.807, 2.05) is 20.8 Å². The highest BCUT2D eigenvalue weighted by molar-refractivity contribution is 6.05. The van der Waals surface area contributed by atoms with Gasteiger partial charge in [-0.05, 0) is 6.92 Å². The smallest absolute Gasteiger partial charge is 0.342 e. The van der Waals surface area contributed by atoms with Gasteiger partial charge in [0.2, 0.25) is 5.54 Å². The molecule has 2 aliphatic heterocycles. The first-order valence-electron chi connectivity index (χ1n) is 6.12. The first-order valence-corrected chi connectivity index (χ1v) is 6.12. The summed E-state index contributed by atoms with van der Waals surface area (Å²) in [5.74, 6) is -1.33. The summed E-state index contributed by atoms with van der Waals surface area (Å²) in [6, 6.07) is 0. The van der Waals surface area contributed by atoms with Crippen LogP contribution < -0.4 is 0 Å². The zero-order valence-corrected chi connectivity index (χ0v) is 11.8. The van der Waals surface area contributed by atoms with Gasteiger partial charge >= 0.3 is 5.97 Å². The minimum absolute atomic E-state index is 0.0868. The maximum Gasteiger partial charge on any atom is 0.342 e. The highest BCUT2D eigenvalue weighted by Crippen LogP contribution is 2.46. The molecule has 1 saturated heterocycles. The number of ether oxygens (including phenoxy) is 2. The standard InChI is InChI=1S/C13H19NO5/c1-7-8(15)13(11(17)18-5)6-19-10(12(2,3)4)14(13)9(7)16/h10,15H,6H2,1-5H3/t10-,13-/m1/s1.